The maximum Gasteiger partial charge on any atom is 0.253 e. The molecule has 2 aliphatic rings. The molecule has 28 heavy (non-hydrogen) atoms. The Kier molecular flexibility index (Phi) is 6.70. The van der Waals surface area contributed by atoms with Crippen LogP contribution in [0.1, 0.15) is 56.3 Å². The van der Waals surface area contributed by atoms with Gasteiger partial charge in [0.25, 0.3) is 5.91 Å². The van der Waals surface area contributed by atoms with Crippen LogP contribution in [0.3, 0.4) is 0 Å². The maximum absolute atomic E-state index is 12.6. The number of carbonyl (C=O) groups excluding carboxylic acids is 3. The first-order chi connectivity index (χ1) is 13.5. The van der Waals surface area contributed by atoms with Gasteiger partial charge in [-0.05, 0) is 49.4 Å². The number of unbranched alkanes of at least 4 members (excludes halogenated alkanes) is 1. The Morgan fingerprint density at radius 1 is 1.14 bits per heavy atom. The summed E-state index contributed by atoms with van der Waals surface area (Å²) in [4.78, 5) is 40.8. The monoisotopic (exact) mass is 385 g/mol. The standard InChI is InChI=1S/C22H31N3O3/c1-3-4-11-25-15-18(14-20(25)26)21(27)23-19-7-5-17(6-8-19)22(28)24-12-9-16(2)10-13-24/h5-8,16,18H,3-4,9-15H2,1-2H3,(H,23,27). The Labute approximate surface area is 167 Å². The lowest BCUT2D eigenvalue weighted by Gasteiger charge is -2.30. The fraction of sp³-hybridized carbons (Fsp3) is 0.591. The smallest absolute Gasteiger partial charge is 0.253 e. The molecule has 3 rings (SSSR count). The number of nitrogens with zero attached hydrogens (tertiary/aromatic N) is 2. The van der Waals surface area contributed by atoms with Crippen LogP contribution in [0.2, 0.25) is 0 Å². The van der Waals surface area contributed by atoms with E-state index in [0.29, 0.717) is 23.7 Å². The van der Waals surface area contributed by atoms with Crippen molar-refractivity contribution < 1.29 is 14.4 Å². The van der Waals surface area contributed by atoms with Crippen LogP contribution in [0.4, 0.5) is 5.69 Å². The first-order valence-corrected chi connectivity index (χ1v) is 10.5. The average Bonchev–Trinajstić information content (AvgIpc) is 3.08. The average molecular weight is 386 g/mol. The number of benzene rings is 1. The highest BCUT2D eigenvalue weighted by Crippen LogP contribution is 2.22. The molecule has 6 heteroatoms. The van der Waals surface area contributed by atoms with Crippen molar-refractivity contribution in [1.82, 2.24) is 9.80 Å². The molecule has 1 unspecified atom stereocenters. The highest BCUT2D eigenvalue weighted by atomic mass is 16.2. The molecule has 3 amide bonds. The highest BCUT2D eigenvalue weighted by molar-refractivity contribution is 5.98. The summed E-state index contributed by atoms with van der Waals surface area (Å²) in [6.07, 6.45) is 4.37. The molecule has 6 nitrogen and oxygen atoms in total. The van der Waals surface area contributed by atoms with Crippen LogP contribution in [-0.2, 0) is 9.59 Å². The zero-order valence-electron chi connectivity index (χ0n) is 16.9. The molecule has 1 aromatic rings. The molecule has 1 aromatic carbocycles. The van der Waals surface area contributed by atoms with Gasteiger partial charge in [-0.2, -0.15) is 0 Å². The quantitative estimate of drug-likeness (QED) is 0.818. The lowest BCUT2D eigenvalue weighted by atomic mass is 9.98. The van der Waals surface area contributed by atoms with Crippen LogP contribution >= 0.6 is 0 Å². The summed E-state index contributed by atoms with van der Waals surface area (Å²) in [5.74, 6) is 0.363. The van der Waals surface area contributed by atoms with Crippen molar-refractivity contribution in [3.05, 3.63) is 29.8 Å². The lowest BCUT2D eigenvalue weighted by molar-refractivity contribution is -0.128. The van der Waals surface area contributed by atoms with E-state index in [1.165, 1.54) is 0 Å². The number of hydrogen-bond donors (Lipinski definition) is 1. The van der Waals surface area contributed by atoms with Crippen LogP contribution in [0, 0.1) is 11.8 Å². The molecule has 0 aromatic heterocycles. The van der Waals surface area contributed by atoms with Crippen molar-refractivity contribution in [3.63, 3.8) is 0 Å². The summed E-state index contributed by atoms with van der Waals surface area (Å²) in [5, 5.41) is 2.89. The van der Waals surface area contributed by atoms with Crippen molar-refractivity contribution in [2.45, 2.75) is 46.0 Å². The molecule has 0 spiro atoms. The van der Waals surface area contributed by atoms with Crippen LogP contribution < -0.4 is 5.32 Å². The summed E-state index contributed by atoms with van der Waals surface area (Å²) < 4.78 is 0. The Balaban J connectivity index is 1.53. The van der Waals surface area contributed by atoms with Gasteiger partial charge in [0.15, 0.2) is 0 Å². The van der Waals surface area contributed by atoms with Crippen molar-refractivity contribution >= 4 is 23.4 Å². The van der Waals surface area contributed by atoms with Gasteiger partial charge >= 0.3 is 0 Å². The van der Waals surface area contributed by atoms with Crippen LogP contribution in [0.25, 0.3) is 0 Å². The van der Waals surface area contributed by atoms with Crippen molar-refractivity contribution in [2.24, 2.45) is 11.8 Å². The first-order valence-electron chi connectivity index (χ1n) is 10.5. The molecule has 0 radical (unpaired) electrons. The third-order valence-corrected chi connectivity index (χ3v) is 5.84. The lowest BCUT2D eigenvalue weighted by Crippen LogP contribution is -2.37. The molecule has 1 N–H and O–H groups in total. The minimum absolute atomic E-state index is 0.0535. The van der Waals surface area contributed by atoms with E-state index in [-0.39, 0.29) is 30.1 Å². The van der Waals surface area contributed by atoms with Crippen LogP contribution in [-0.4, -0.2) is 53.7 Å². The second kappa shape index (κ2) is 9.22. The summed E-state index contributed by atoms with van der Waals surface area (Å²) in [7, 11) is 0. The van der Waals surface area contributed by atoms with Gasteiger partial charge < -0.3 is 15.1 Å². The van der Waals surface area contributed by atoms with Crippen LogP contribution in [0.15, 0.2) is 24.3 Å². The second-order valence-corrected chi connectivity index (χ2v) is 8.14. The summed E-state index contributed by atoms with van der Waals surface area (Å²) in [5.41, 5.74) is 1.31. The number of piperidine rings is 1. The molecule has 0 bridgehead atoms. The Morgan fingerprint density at radius 3 is 2.46 bits per heavy atom. The molecule has 0 aliphatic carbocycles. The summed E-state index contributed by atoms with van der Waals surface area (Å²) in [6, 6.07) is 7.07. The third kappa shape index (κ3) is 4.91. The van der Waals surface area contributed by atoms with Crippen LogP contribution in [0.5, 0.6) is 0 Å². The molecule has 2 saturated heterocycles. The number of rotatable bonds is 6. The topological polar surface area (TPSA) is 69.7 Å². The van der Waals surface area contributed by atoms with E-state index in [9.17, 15) is 14.4 Å². The van der Waals surface area contributed by atoms with E-state index in [4.69, 9.17) is 0 Å². The van der Waals surface area contributed by atoms with Gasteiger partial charge in [-0.25, -0.2) is 0 Å². The van der Waals surface area contributed by atoms with Crippen molar-refractivity contribution in [2.75, 3.05) is 31.5 Å². The molecule has 1 atom stereocenters. The number of nitrogens with one attached hydrogen (secondary N) is 1. The third-order valence-electron chi connectivity index (χ3n) is 5.84. The number of likely N-dealkylation sites (tertiary alicyclic amines) is 2. The summed E-state index contributed by atoms with van der Waals surface area (Å²) >= 11 is 0. The largest absolute Gasteiger partial charge is 0.342 e. The fourth-order valence-corrected chi connectivity index (χ4v) is 3.85. The van der Waals surface area contributed by atoms with Gasteiger partial charge in [-0.1, -0.05) is 20.3 Å². The highest BCUT2D eigenvalue weighted by Gasteiger charge is 2.33. The number of amides is 3. The van der Waals surface area contributed by atoms with Gasteiger partial charge in [0.2, 0.25) is 11.8 Å². The zero-order chi connectivity index (χ0) is 20.1. The van der Waals surface area contributed by atoms with Crippen molar-refractivity contribution in [3.8, 4) is 0 Å². The maximum atomic E-state index is 12.6. The molecule has 2 fully saturated rings. The Morgan fingerprint density at radius 2 is 1.82 bits per heavy atom. The van der Waals surface area contributed by atoms with Gasteiger partial charge in [-0.15, -0.1) is 0 Å². The predicted molar refractivity (Wildman–Crippen MR) is 109 cm³/mol. The van der Waals surface area contributed by atoms with Crippen molar-refractivity contribution in [1.29, 1.82) is 0 Å². The van der Waals surface area contributed by atoms with E-state index < -0.39 is 0 Å². The molecular weight excluding hydrogens is 354 g/mol. The van der Waals surface area contributed by atoms with Gasteiger partial charge in [0.05, 0.1) is 5.92 Å². The van der Waals surface area contributed by atoms with E-state index in [0.717, 1.165) is 45.3 Å². The van der Waals surface area contributed by atoms with E-state index in [2.05, 4.69) is 19.2 Å². The van der Waals surface area contributed by atoms with E-state index >= 15 is 0 Å². The molecule has 2 aliphatic heterocycles. The second-order valence-electron chi connectivity index (χ2n) is 8.14. The van der Waals surface area contributed by atoms with E-state index in [1.54, 1.807) is 29.2 Å². The number of anilines is 1. The van der Waals surface area contributed by atoms with E-state index in [1.807, 2.05) is 4.90 Å². The molecule has 0 saturated carbocycles. The molecule has 2 heterocycles. The minimum atomic E-state index is -0.305. The predicted octanol–water partition coefficient (Wildman–Crippen LogP) is 3.15. The fourth-order valence-electron chi connectivity index (χ4n) is 3.85. The normalized spacial score (nSPS) is 20.5. The Bertz CT molecular complexity index is 708. The SMILES string of the molecule is CCCCN1CC(C(=O)Nc2ccc(C(=O)N3CCC(C)CC3)cc2)CC1=O. The minimum Gasteiger partial charge on any atom is -0.342 e. The molecule has 152 valence electrons. The van der Waals surface area contributed by atoms with Gasteiger partial charge in [0, 0.05) is 43.9 Å². The number of carbonyl (C=O) groups is 3. The Hall–Kier alpha value is -2.37. The zero-order valence-corrected chi connectivity index (χ0v) is 16.9. The van der Waals surface area contributed by atoms with Gasteiger partial charge in [0.1, 0.15) is 0 Å². The first kappa shape index (κ1) is 20.4. The summed E-state index contributed by atoms with van der Waals surface area (Å²) in [6.45, 7) is 7.15. The number of hydrogen-bond acceptors (Lipinski definition) is 3. The molecular formula is C22H31N3O3. The van der Waals surface area contributed by atoms with Gasteiger partial charge in [-0.3, -0.25) is 14.4 Å².